The molecule has 3 amide bonds. The summed E-state index contributed by atoms with van der Waals surface area (Å²) in [5.41, 5.74) is 0.707. The van der Waals surface area contributed by atoms with E-state index in [1.807, 2.05) is 0 Å². The number of benzene rings is 3. The number of hydrogen-bond donors (Lipinski definition) is 3. The average Bonchev–Trinajstić information content (AvgIpc) is 3.89. The summed E-state index contributed by atoms with van der Waals surface area (Å²) < 4.78 is 30.3. The lowest BCUT2D eigenvalue weighted by molar-refractivity contribution is -0.131. The van der Waals surface area contributed by atoms with Crippen molar-refractivity contribution in [3.05, 3.63) is 84.3 Å². The van der Waals surface area contributed by atoms with Crippen molar-refractivity contribution in [1.82, 2.24) is 15.2 Å². The van der Waals surface area contributed by atoms with Crippen LogP contribution in [0.1, 0.15) is 23.2 Å². The molecule has 238 valence electrons. The Morgan fingerprint density at radius 3 is 2.20 bits per heavy atom. The Bertz CT molecular complexity index is 1740. The van der Waals surface area contributed by atoms with Crippen LogP contribution >= 0.6 is 0 Å². The molecule has 12 heteroatoms. The molecule has 0 radical (unpaired) electrons. The molecule has 6 rings (SSSR count). The van der Waals surface area contributed by atoms with Crippen LogP contribution < -0.4 is 25.4 Å². The molecule has 3 N–H and O–H groups in total. The maximum Gasteiger partial charge on any atom is 0.255 e. The van der Waals surface area contributed by atoms with Gasteiger partial charge in [-0.2, -0.15) is 0 Å². The van der Waals surface area contributed by atoms with E-state index >= 15 is 0 Å². The van der Waals surface area contributed by atoms with Gasteiger partial charge in [-0.3, -0.25) is 24.3 Å². The van der Waals surface area contributed by atoms with Gasteiger partial charge in [0.05, 0.1) is 31.4 Å². The normalized spacial score (nSPS) is 15.5. The highest BCUT2D eigenvalue weighted by molar-refractivity contribution is 6.17. The SMILES string of the molecule is COc1cc2nccc(Oc3ccc(NC(=O)C4(C(=O)Nc5ccc(F)cc5)CC4)cc3)c2cc1C(=O)NCCN1CCOCC1. The summed E-state index contributed by atoms with van der Waals surface area (Å²) in [7, 11) is 1.51. The molecule has 1 aliphatic heterocycles. The Balaban J connectivity index is 1.11. The van der Waals surface area contributed by atoms with Gasteiger partial charge >= 0.3 is 0 Å². The Morgan fingerprint density at radius 1 is 0.913 bits per heavy atom. The van der Waals surface area contributed by atoms with E-state index in [2.05, 4.69) is 25.8 Å². The van der Waals surface area contributed by atoms with Crippen LogP contribution in [0.15, 0.2) is 72.9 Å². The van der Waals surface area contributed by atoms with E-state index < -0.39 is 23.0 Å². The van der Waals surface area contributed by atoms with Gasteiger partial charge in [0.2, 0.25) is 11.8 Å². The monoisotopic (exact) mass is 627 g/mol. The molecule has 0 spiro atoms. The molecule has 0 atom stereocenters. The number of amides is 3. The molecule has 1 saturated carbocycles. The molecular formula is C34H34FN5O6. The molecule has 11 nitrogen and oxygen atoms in total. The molecule has 46 heavy (non-hydrogen) atoms. The fraction of sp³-hybridized carbons (Fsp3) is 0.294. The zero-order valence-electron chi connectivity index (χ0n) is 25.3. The zero-order valence-corrected chi connectivity index (χ0v) is 25.3. The largest absolute Gasteiger partial charge is 0.496 e. The molecule has 4 aromatic rings. The minimum Gasteiger partial charge on any atom is -0.496 e. The molecule has 1 aliphatic carbocycles. The van der Waals surface area contributed by atoms with E-state index in [1.165, 1.54) is 31.4 Å². The molecule has 3 aromatic carbocycles. The Morgan fingerprint density at radius 2 is 1.57 bits per heavy atom. The van der Waals surface area contributed by atoms with Crippen molar-refractivity contribution in [1.29, 1.82) is 0 Å². The number of anilines is 2. The number of ether oxygens (including phenoxy) is 3. The standard InChI is InChI=1S/C34H34FN5O6/c1-44-30-21-28-26(20-27(30)31(41)37-14-15-40-16-18-45-19-17-40)29(10-13-36-28)46-25-8-6-24(7-9-25)39-33(43)34(11-12-34)32(42)38-23-4-2-22(35)3-5-23/h2-10,13,20-21H,11-12,14-19H2,1H3,(H,37,41)(H,38,42)(H,39,43). The molecule has 2 aliphatic rings. The van der Waals surface area contributed by atoms with E-state index in [9.17, 15) is 18.8 Å². The van der Waals surface area contributed by atoms with Gasteiger partial charge in [-0.1, -0.05) is 0 Å². The molecular weight excluding hydrogens is 593 g/mol. The number of fused-ring (bicyclic) bond motifs is 1. The van der Waals surface area contributed by atoms with Crippen LogP contribution in [0.3, 0.4) is 0 Å². The summed E-state index contributed by atoms with van der Waals surface area (Å²) >= 11 is 0. The average molecular weight is 628 g/mol. The second-order valence-corrected chi connectivity index (χ2v) is 11.2. The number of aromatic nitrogens is 1. The summed E-state index contributed by atoms with van der Waals surface area (Å²) in [6.45, 7) is 4.27. The highest BCUT2D eigenvalue weighted by Crippen LogP contribution is 2.47. The van der Waals surface area contributed by atoms with Crippen molar-refractivity contribution < 1.29 is 33.0 Å². The van der Waals surface area contributed by atoms with Crippen LogP contribution in [0.5, 0.6) is 17.2 Å². The lowest BCUT2D eigenvalue weighted by atomic mass is 10.0. The van der Waals surface area contributed by atoms with Crippen molar-refractivity contribution in [2.45, 2.75) is 12.8 Å². The molecule has 2 fully saturated rings. The topological polar surface area (TPSA) is 131 Å². The van der Waals surface area contributed by atoms with Crippen LogP contribution in [0.4, 0.5) is 15.8 Å². The number of methoxy groups -OCH3 is 1. The molecule has 2 heterocycles. The summed E-state index contributed by atoms with van der Waals surface area (Å²) in [4.78, 5) is 45.8. The number of rotatable bonds is 11. The summed E-state index contributed by atoms with van der Waals surface area (Å²) in [5.74, 6) is -0.130. The maximum absolute atomic E-state index is 13.2. The maximum atomic E-state index is 13.2. The highest BCUT2D eigenvalue weighted by Gasteiger charge is 2.56. The Kier molecular flexibility index (Phi) is 9.08. The van der Waals surface area contributed by atoms with Crippen LogP contribution in [-0.4, -0.2) is 74.1 Å². The van der Waals surface area contributed by atoms with Crippen LogP contribution in [0.25, 0.3) is 10.9 Å². The minimum atomic E-state index is -1.17. The fourth-order valence-electron chi connectivity index (χ4n) is 5.28. The number of carbonyl (C=O) groups is 3. The van der Waals surface area contributed by atoms with Gasteiger partial charge in [-0.25, -0.2) is 4.39 Å². The van der Waals surface area contributed by atoms with E-state index in [4.69, 9.17) is 14.2 Å². The van der Waals surface area contributed by atoms with Gasteiger partial charge in [0.15, 0.2) is 0 Å². The van der Waals surface area contributed by atoms with Crippen LogP contribution in [0, 0.1) is 11.2 Å². The quantitative estimate of drug-likeness (QED) is 0.206. The van der Waals surface area contributed by atoms with Crippen molar-refractivity contribution in [2.24, 2.45) is 5.41 Å². The number of halogens is 1. The third-order valence-corrected chi connectivity index (χ3v) is 8.15. The van der Waals surface area contributed by atoms with Gasteiger partial charge in [-0.05, 0) is 73.5 Å². The van der Waals surface area contributed by atoms with Crippen LogP contribution in [-0.2, 0) is 14.3 Å². The number of morpholine rings is 1. The number of hydrogen-bond acceptors (Lipinski definition) is 8. The van der Waals surface area contributed by atoms with Gasteiger partial charge < -0.3 is 30.2 Å². The first-order valence-corrected chi connectivity index (χ1v) is 15.1. The number of nitrogens with zero attached hydrogens (tertiary/aromatic N) is 2. The van der Waals surface area contributed by atoms with Crippen molar-refractivity contribution in [3.63, 3.8) is 0 Å². The first kappa shape index (κ1) is 30.9. The summed E-state index contributed by atoms with van der Waals surface area (Å²) in [6.07, 6.45) is 2.45. The Hall–Kier alpha value is -5.07. The molecule has 1 saturated heterocycles. The van der Waals surface area contributed by atoms with Gasteiger partial charge in [-0.15, -0.1) is 0 Å². The summed E-state index contributed by atoms with van der Waals surface area (Å²) in [6, 6.07) is 17.3. The van der Waals surface area contributed by atoms with Gasteiger partial charge in [0, 0.05) is 55.2 Å². The number of pyridine rings is 1. The highest BCUT2D eigenvalue weighted by atomic mass is 19.1. The lowest BCUT2D eigenvalue weighted by Gasteiger charge is -2.26. The molecule has 1 aromatic heterocycles. The third-order valence-electron chi connectivity index (χ3n) is 8.15. The predicted octanol–water partition coefficient (Wildman–Crippen LogP) is 4.59. The van der Waals surface area contributed by atoms with E-state index in [0.29, 0.717) is 77.7 Å². The summed E-state index contributed by atoms with van der Waals surface area (Å²) in [5, 5.41) is 9.12. The van der Waals surface area contributed by atoms with Crippen molar-refractivity contribution in [3.8, 4) is 17.2 Å². The third kappa shape index (κ3) is 6.93. The van der Waals surface area contributed by atoms with Crippen molar-refractivity contribution >= 4 is 40.0 Å². The number of carbonyl (C=O) groups excluding carboxylic acids is 3. The lowest BCUT2D eigenvalue weighted by Crippen LogP contribution is -2.41. The van der Waals surface area contributed by atoms with E-state index in [1.54, 1.807) is 48.7 Å². The van der Waals surface area contributed by atoms with E-state index in [-0.39, 0.29) is 5.91 Å². The first-order valence-electron chi connectivity index (χ1n) is 15.1. The van der Waals surface area contributed by atoms with Crippen LogP contribution in [0.2, 0.25) is 0 Å². The van der Waals surface area contributed by atoms with E-state index in [0.717, 1.165) is 19.6 Å². The Labute approximate surface area is 265 Å². The second kappa shape index (κ2) is 13.5. The smallest absolute Gasteiger partial charge is 0.255 e. The molecule has 0 bridgehead atoms. The minimum absolute atomic E-state index is 0.262. The first-order chi connectivity index (χ1) is 22.3. The predicted molar refractivity (Wildman–Crippen MR) is 170 cm³/mol. The molecule has 0 unspecified atom stereocenters. The zero-order chi connectivity index (χ0) is 32.1. The second-order valence-electron chi connectivity index (χ2n) is 11.2. The fourth-order valence-corrected chi connectivity index (χ4v) is 5.28. The van der Waals surface area contributed by atoms with Gasteiger partial charge in [0.1, 0.15) is 28.5 Å². The number of nitrogens with one attached hydrogen (secondary N) is 3. The van der Waals surface area contributed by atoms with Gasteiger partial charge in [0.25, 0.3) is 5.91 Å². The van der Waals surface area contributed by atoms with Crippen molar-refractivity contribution in [2.75, 3.05) is 57.1 Å².